The summed E-state index contributed by atoms with van der Waals surface area (Å²) >= 11 is 1.60. The standard InChI is InChI=1S/C16H13N3OS/c17-10-16(7-12-3-1-2-4-14(12)20-11-16)8-13-9-19-5-6-21-15(19)18-13/h1-6,9H,7-8,11H2. The molecular weight excluding hydrogens is 282 g/mol. The number of rotatable bonds is 2. The summed E-state index contributed by atoms with van der Waals surface area (Å²) < 4.78 is 7.81. The number of imidazole rings is 1. The zero-order valence-corrected chi connectivity index (χ0v) is 12.1. The average Bonchev–Trinajstić information content (AvgIpc) is 3.08. The number of ether oxygens (including phenoxy) is 1. The first kappa shape index (κ1) is 12.4. The fourth-order valence-electron chi connectivity index (χ4n) is 2.85. The van der Waals surface area contributed by atoms with Gasteiger partial charge in [0.15, 0.2) is 4.96 Å². The summed E-state index contributed by atoms with van der Waals surface area (Å²) in [6.45, 7) is 0.422. The molecule has 4 nitrogen and oxygen atoms in total. The van der Waals surface area contributed by atoms with Crippen LogP contribution in [0.2, 0.25) is 0 Å². The third kappa shape index (κ3) is 2.08. The average molecular weight is 295 g/mol. The first-order chi connectivity index (χ1) is 10.3. The van der Waals surface area contributed by atoms with Crippen molar-refractivity contribution < 1.29 is 4.74 Å². The maximum atomic E-state index is 9.69. The number of hydrogen-bond acceptors (Lipinski definition) is 4. The fraction of sp³-hybridized carbons (Fsp3) is 0.250. The van der Waals surface area contributed by atoms with Gasteiger partial charge in [0.05, 0.1) is 11.8 Å². The van der Waals surface area contributed by atoms with E-state index in [2.05, 4.69) is 11.1 Å². The highest BCUT2D eigenvalue weighted by molar-refractivity contribution is 7.15. The van der Waals surface area contributed by atoms with Gasteiger partial charge in [-0.25, -0.2) is 4.98 Å². The van der Waals surface area contributed by atoms with Crippen LogP contribution in [-0.4, -0.2) is 16.0 Å². The molecule has 1 unspecified atom stereocenters. The summed E-state index contributed by atoms with van der Waals surface area (Å²) in [5.74, 6) is 0.897. The molecule has 5 heteroatoms. The topological polar surface area (TPSA) is 50.3 Å². The largest absolute Gasteiger partial charge is 0.492 e. The Balaban J connectivity index is 1.66. The molecule has 0 radical (unpaired) electrons. The highest BCUT2D eigenvalue weighted by Gasteiger charge is 2.37. The van der Waals surface area contributed by atoms with E-state index in [4.69, 9.17) is 4.74 Å². The van der Waals surface area contributed by atoms with Gasteiger partial charge >= 0.3 is 0 Å². The van der Waals surface area contributed by atoms with Crippen molar-refractivity contribution in [1.82, 2.24) is 9.38 Å². The van der Waals surface area contributed by atoms with Crippen molar-refractivity contribution in [1.29, 1.82) is 5.26 Å². The quantitative estimate of drug-likeness (QED) is 0.730. The first-order valence-corrected chi connectivity index (χ1v) is 7.69. The molecule has 1 aliphatic rings. The molecule has 0 aliphatic carbocycles. The van der Waals surface area contributed by atoms with Crippen LogP contribution >= 0.6 is 11.3 Å². The van der Waals surface area contributed by atoms with Crippen molar-refractivity contribution >= 4 is 16.3 Å². The highest BCUT2D eigenvalue weighted by atomic mass is 32.1. The minimum absolute atomic E-state index is 0.422. The number of para-hydroxylation sites is 1. The highest BCUT2D eigenvalue weighted by Crippen LogP contribution is 2.36. The lowest BCUT2D eigenvalue weighted by Crippen LogP contribution is -2.35. The van der Waals surface area contributed by atoms with E-state index < -0.39 is 5.41 Å². The van der Waals surface area contributed by atoms with Crippen molar-refractivity contribution in [2.75, 3.05) is 6.61 Å². The molecule has 3 heterocycles. The zero-order chi connectivity index (χ0) is 14.3. The smallest absolute Gasteiger partial charge is 0.193 e. The van der Waals surface area contributed by atoms with E-state index in [-0.39, 0.29) is 0 Å². The molecule has 21 heavy (non-hydrogen) atoms. The van der Waals surface area contributed by atoms with Crippen molar-refractivity contribution in [2.45, 2.75) is 12.8 Å². The maximum absolute atomic E-state index is 9.69. The summed E-state index contributed by atoms with van der Waals surface area (Å²) in [7, 11) is 0. The Labute approximate surface area is 126 Å². The predicted octanol–water partition coefficient (Wildman–Crippen LogP) is 3.08. The number of nitriles is 1. The Morgan fingerprint density at radius 3 is 3.19 bits per heavy atom. The second-order valence-corrected chi connectivity index (χ2v) is 6.34. The maximum Gasteiger partial charge on any atom is 0.193 e. The van der Waals surface area contributed by atoms with E-state index in [1.807, 2.05) is 46.4 Å². The number of nitrogens with zero attached hydrogens (tertiary/aromatic N) is 3. The van der Waals surface area contributed by atoms with Crippen LogP contribution in [0.1, 0.15) is 11.3 Å². The monoisotopic (exact) mass is 295 g/mol. The van der Waals surface area contributed by atoms with Crippen LogP contribution in [-0.2, 0) is 12.8 Å². The second kappa shape index (κ2) is 4.61. The van der Waals surface area contributed by atoms with Crippen LogP contribution in [0.5, 0.6) is 5.75 Å². The fourth-order valence-corrected chi connectivity index (χ4v) is 3.57. The molecule has 104 valence electrons. The van der Waals surface area contributed by atoms with Gasteiger partial charge in [-0.1, -0.05) is 18.2 Å². The van der Waals surface area contributed by atoms with E-state index in [1.54, 1.807) is 11.3 Å². The Morgan fingerprint density at radius 1 is 1.43 bits per heavy atom. The lowest BCUT2D eigenvalue weighted by atomic mass is 9.78. The van der Waals surface area contributed by atoms with Gasteiger partial charge in [0, 0.05) is 24.2 Å². The zero-order valence-electron chi connectivity index (χ0n) is 11.3. The summed E-state index contributed by atoms with van der Waals surface area (Å²) in [4.78, 5) is 5.56. The third-order valence-corrected chi connectivity index (χ3v) is 4.68. The first-order valence-electron chi connectivity index (χ1n) is 6.81. The van der Waals surface area contributed by atoms with Crippen LogP contribution in [0.4, 0.5) is 0 Å². The van der Waals surface area contributed by atoms with E-state index in [1.165, 1.54) is 0 Å². The number of fused-ring (bicyclic) bond motifs is 2. The summed E-state index contributed by atoms with van der Waals surface area (Å²) in [5, 5.41) is 11.7. The van der Waals surface area contributed by atoms with Gasteiger partial charge in [-0.2, -0.15) is 5.26 Å². The molecule has 1 atom stereocenters. The molecule has 0 amide bonds. The van der Waals surface area contributed by atoms with E-state index in [0.29, 0.717) is 19.4 Å². The third-order valence-electron chi connectivity index (χ3n) is 3.91. The summed E-state index contributed by atoms with van der Waals surface area (Å²) in [6, 6.07) is 10.4. The molecule has 3 aromatic rings. The van der Waals surface area contributed by atoms with E-state index >= 15 is 0 Å². The van der Waals surface area contributed by atoms with E-state index in [0.717, 1.165) is 22.0 Å². The molecule has 2 aromatic heterocycles. The van der Waals surface area contributed by atoms with Crippen LogP contribution in [0.15, 0.2) is 42.0 Å². The lowest BCUT2D eigenvalue weighted by molar-refractivity contribution is 0.168. The van der Waals surface area contributed by atoms with Crippen LogP contribution < -0.4 is 4.74 Å². The van der Waals surface area contributed by atoms with Gasteiger partial charge < -0.3 is 4.74 Å². The number of hydrogen-bond donors (Lipinski definition) is 0. The van der Waals surface area contributed by atoms with Gasteiger partial charge in [-0.15, -0.1) is 11.3 Å². The van der Waals surface area contributed by atoms with Crippen molar-refractivity contribution in [3.05, 3.63) is 53.3 Å². The van der Waals surface area contributed by atoms with Crippen LogP contribution in [0.3, 0.4) is 0 Å². The number of benzene rings is 1. The molecule has 1 aromatic carbocycles. The molecular formula is C16H13N3OS. The molecule has 0 saturated heterocycles. The Morgan fingerprint density at radius 2 is 2.33 bits per heavy atom. The molecule has 1 aliphatic heterocycles. The van der Waals surface area contributed by atoms with Crippen molar-refractivity contribution in [3.8, 4) is 11.8 Å². The molecule has 0 saturated carbocycles. The van der Waals surface area contributed by atoms with Crippen molar-refractivity contribution in [2.24, 2.45) is 5.41 Å². The predicted molar refractivity (Wildman–Crippen MR) is 80.5 cm³/mol. The van der Waals surface area contributed by atoms with Gasteiger partial charge in [0.1, 0.15) is 17.8 Å². The van der Waals surface area contributed by atoms with E-state index in [9.17, 15) is 5.26 Å². The van der Waals surface area contributed by atoms with Crippen LogP contribution in [0.25, 0.3) is 4.96 Å². The molecule has 0 N–H and O–H groups in total. The Bertz CT molecular complexity index is 816. The van der Waals surface area contributed by atoms with Gasteiger partial charge in [-0.05, 0) is 18.1 Å². The summed E-state index contributed by atoms with van der Waals surface area (Å²) in [6.07, 6.45) is 5.32. The Kier molecular flexibility index (Phi) is 2.72. The molecule has 0 spiro atoms. The van der Waals surface area contributed by atoms with Gasteiger partial charge in [0.2, 0.25) is 0 Å². The van der Waals surface area contributed by atoms with Gasteiger partial charge in [0.25, 0.3) is 0 Å². The lowest BCUT2D eigenvalue weighted by Gasteiger charge is -2.31. The second-order valence-electron chi connectivity index (χ2n) is 5.47. The minimum Gasteiger partial charge on any atom is -0.492 e. The number of thiazole rings is 1. The minimum atomic E-state index is -0.529. The Hall–Kier alpha value is -2.32. The summed E-state index contributed by atoms with van der Waals surface area (Å²) in [5.41, 5.74) is 1.52. The normalized spacial score (nSPS) is 20.7. The number of aromatic nitrogens is 2. The molecule has 4 rings (SSSR count). The van der Waals surface area contributed by atoms with Gasteiger partial charge in [-0.3, -0.25) is 4.40 Å². The van der Waals surface area contributed by atoms with Crippen LogP contribution in [0, 0.1) is 16.7 Å². The molecule has 0 bridgehead atoms. The molecule has 0 fully saturated rings. The SMILES string of the molecule is N#CC1(Cc2cn3ccsc3n2)COc2ccccc2C1. The van der Waals surface area contributed by atoms with Crippen molar-refractivity contribution in [3.63, 3.8) is 0 Å².